The van der Waals surface area contributed by atoms with Crippen LogP contribution in [0.2, 0.25) is 5.02 Å². The summed E-state index contributed by atoms with van der Waals surface area (Å²) in [6, 6.07) is 8.51. The average molecular weight is 511 g/mol. The molecule has 1 amide bonds. The van der Waals surface area contributed by atoms with Gasteiger partial charge in [0.25, 0.3) is 0 Å². The lowest BCUT2D eigenvalue weighted by atomic mass is 9.83. The quantitative estimate of drug-likeness (QED) is 0.559. The molecule has 2 N–H and O–H groups in total. The number of hydrogen-bond acceptors (Lipinski definition) is 4. The Kier molecular flexibility index (Phi) is 8.00. The van der Waals surface area contributed by atoms with Crippen molar-refractivity contribution >= 4 is 33.5 Å². The van der Waals surface area contributed by atoms with Gasteiger partial charge in [-0.3, -0.25) is 9.59 Å². The minimum Gasteiger partial charge on any atom is -0.481 e. The number of amides is 1. The smallest absolute Gasteiger partial charge is 0.303 e. The van der Waals surface area contributed by atoms with E-state index in [4.69, 9.17) is 16.7 Å². The number of aliphatic carboxylic acids is 1. The van der Waals surface area contributed by atoms with Gasteiger partial charge < -0.3 is 10.4 Å². The van der Waals surface area contributed by atoms with Crippen LogP contribution in [-0.2, 0) is 32.6 Å². The Labute approximate surface area is 204 Å². The molecule has 184 valence electrons. The monoisotopic (exact) mass is 510 g/mol. The minimum absolute atomic E-state index is 0.0269. The summed E-state index contributed by atoms with van der Waals surface area (Å²) in [5, 5.41) is 12.3. The van der Waals surface area contributed by atoms with Gasteiger partial charge in [0.2, 0.25) is 15.9 Å². The van der Waals surface area contributed by atoms with Gasteiger partial charge in [-0.2, -0.15) is 4.31 Å². The number of carboxylic acids is 1. The molecule has 1 fully saturated rings. The van der Waals surface area contributed by atoms with Crippen LogP contribution in [0.5, 0.6) is 0 Å². The van der Waals surface area contributed by atoms with Gasteiger partial charge in [-0.25, -0.2) is 12.8 Å². The zero-order valence-corrected chi connectivity index (χ0v) is 20.6. The Bertz CT molecular complexity index is 1170. The van der Waals surface area contributed by atoms with Crippen LogP contribution >= 0.6 is 11.6 Å². The first kappa shape index (κ1) is 26.1. The van der Waals surface area contributed by atoms with Crippen molar-refractivity contribution in [2.45, 2.75) is 57.0 Å². The molecular weight excluding hydrogens is 483 g/mol. The summed E-state index contributed by atoms with van der Waals surface area (Å²) in [4.78, 5) is 24.1. The summed E-state index contributed by atoms with van der Waals surface area (Å²) in [5.74, 6) is -2.01. The molecule has 2 aromatic carbocycles. The SMILES string of the molecule is CC1(C)CCNC(=O)C(N(Cc2ccc(F)cc2CCC(=O)O)S(=O)(=O)c2ccc(Cl)cc2)C1. The highest BCUT2D eigenvalue weighted by atomic mass is 35.5. The van der Waals surface area contributed by atoms with E-state index in [9.17, 15) is 22.4 Å². The highest BCUT2D eigenvalue weighted by molar-refractivity contribution is 7.89. The lowest BCUT2D eigenvalue weighted by molar-refractivity contribution is -0.137. The number of benzene rings is 2. The largest absolute Gasteiger partial charge is 0.481 e. The lowest BCUT2D eigenvalue weighted by Crippen LogP contribution is -2.49. The van der Waals surface area contributed by atoms with Gasteiger partial charge in [0.05, 0.1) is 4.90 Å². The summed E-state index contributed by atoms with van der Waals surface area (Å²) >= 11 is 5.94. The molecule has 2 aromatic rings. The van der Waals surface area contributed by atoms with Crippen LogP contribution in [0.15, 0.2) is 47.4 Å². The molecule has 0 spiro atoms. The number of nitrogens with zero attached hydrogens (tertiary/aromatic N) is 1. The number of halogens is 2. The summed E-state index contributed by atoms with van der Waals surface area (Å²) in [5.41, 5.74) is 0.508. The predicted molar refractivity (Wildman–Crippen MR) is 126 cm³/mol. The maximum atomic E-state index is 14.0. The van der Waals surface area contributed by atoms with E-state index in [0.717, 1.165) is 4.31 Å². The van der Waals surface area contributed by atoms with E-state index in [2.05, 4.69) is 5.32 Å². The molecule has 1 atom stereocenters. The van der Waals surface area contributed by atoms with E-state index in [0.29, 0.717) is 29.1 Å². The van der Waals surface area contributed by atoms with Crippen LogP contribution < -0.4 is 5.32 Å². The molecule has 0 aliphatic carbocycles. The normalized spacial score (nSPS) is 18.4. The fourth-order valence-corrected chi connectivity index (χ4v) is 5.78. The first-order chi connectivity index (χ1) is 15.9. The average Bonchev–Trinajstić information content (AvgIpc) is 2.88. The van der Waals surface area contributed by atoms with E-state index >= 15 is 0 Å². The summed E-state index contributed by atoms with van der Waals surface area (Å²) in [6.45, 7) is 4.17. The molecule has 0 aromatic heterocycles. The molecule has 1 unspecified atom stereocenters. The first-order valence-corrected chi connectivity index (χ1v) is 12.7. The van der Waals surface area contributed by atoms with Gasteiger partial charge in [-0.15, -0.1) is 0 Å². The van der Waals surface area contributed by atoms with Gasteiger partial charge in [-0.05, 0) is 72.2 Å². The molecule has 1 aliphatic heterocycles. The number of rotatable bonds is 8. The molecule has 0 bridgehead atoms. The molecule has 0 radical (unpaired) electrons. The number of sulfonamides is 1. The van der Waals surface area contributed by atoms with Crippen LogP contribution in [0.3, 0.4) is 0 Å². The molecule has 3 rings (SSSR count). The number of nitrogens with one attached hydrogen (secondary N) is 1. The zero-order valence-electron chi connectivity index (χ0n) is 19.1. The van der Waals surface area contributed by atoms with E-state index in [1.807, 2.05) is 13.8 Å². The number of carboxylic acid groups (broad SMARTS) is 1. The number of carbonyl (C=O) groups is 2. The molecule has 1 aliphatic rings. The van der Waals surface area contributed by atoms with Gasteiger partial charge in [0, 0.05) is 24.5 Å². The first-order valence-electron chi connectivity index (χ1n) is 10.9. The highest BCUT2D eigenvalue weighted by Crippen LogP contribution is 2.34. The summed E-state index contributed by atoms with van der Waals surface area (Å²) < 4.78 is 42.7. The molecule has 10 heteroatoms. The van der Waals surface area contributed by atoms with E-state index in [-0.39, 0.29) is 36.1 Å². The van der Waals surface area contributed by atoms with Crippen LogP contribution in [0.4, 0.5) is 4.39 Å². The Balaban J connectivity index is 2.10. The highest BCUT2D eigenvalue weighted by Gasteiger charge is 2.41. The van der Waals surface area contributed by atoms with Crippen molar-refractivity contribution in [1.29, 1.82) is 0 Å². The standard InChI is InChI=1S/C24H28ClFN2O5S/c1-24(2)11-12-27-23(31)21(14-24)28(34(32,33)20-8-5-18(25)6-9-20)15-17-3-7-19(26)13-16(17)4-10-22(29)30/h3,5-9,13,21H,4,10-12,14-15H2,1-2H3,(H,27,31)(H,29,30). The third-order valence-electron chi connectivity index (χ3n) is 6.02. The zero-order chi connectivity index (χ0) is 25.1. The van der Waals surface area contributed by atoms with Crippen molar-refractivity contribution in [3.63, 3.8) is 0 Å². The van der Waals surface area contributed by atoms with Crippen LogP contribution in [-0.4, -0.2) is 42.3 Å². The third kappa shape index (κ3) is 6.34. The fraction of sp³-hybridized carbons (Fsp3) is 0.417. The van der Waals surface area contributed by atoms with E-state index in [1.165, 1.54) is 42.5 Å². The van der Waals surface area contributed by atoms with Gasteiger partial charge in [-0.1, -0.05) is 31.5 Å². The second-order valence-electron chi connectivity index (χ2n) is 9.24. The molecule has 34 heavy (non-hydrogen) atoms. The van der Waals surface area contributed by atoms with Crippen molar-refractivity contribution in [3.05, 3.63) is 64.4 Å². The van der Waals surface area contributed by atoms with Crippen molar-refractivity contribution in [2.75, 3.05) is 6.54 Å². The molecule has 7 nitrogen and oxygen atoms in total. The maximum absolute atomic E-state index is 14.0. The van der Waals surface area contributed by atoms with E-state index in [1.54, 1.807) is 0 Å². The van der Waals surface area contributed by atoms with Crippen molar-refractivity contribution in [3.8, 4) is 0 Å². The predicted octanol–water partition coefficient (Wildman–Crippen LogP) is 3.99. The van der Waals surface area contributed by atoms with Crippen molar-refractivity contribution in [2.24, 2.45) is 5.41 Å². The summed E-state index contributed by atoms with van der Waals surface area (Å²) in [7, 11) is -4.17. The molecule has 1 heterocycles. The summed E-state index contributed by atoms with van der Waals surface area (Å²) in [6.07, 6.45) is 0.763. The van der Waals surface area contributed by atoms with Gasteiger partial charge in [0.1, 0.15) is 11.9 Å². The topological polar surface area (TPSA) is 104 Å². The number of aryl methyl sites for hydroxylation is 1. The van der Waals surface area contributed by atoms with Crippen LogP contribution in [0.25, 0.3) is 0 Å². The third-order valence-corrected chi connectivity index (χ3v) is 8.14. The molecular formula is C24H28ClFN2O5S. The number of carbonyl (C=O) groups excluding carboxylic acids is 1. The Hall–Kier alpha value is -2.49. The Morgan fingerprint density at radius 2 is 1.88 bits per heavy atom. The number of hydrogen-bond donors (Lipinski definition) is 2. The van der Waals surface area contributed by atoms with Gasteiger partial charge >= 0.3 is 5.97 Å². The second-order valence-corrected chi connectivity index (χ2v) is 11.6. The van der Waals surface area contributed by atoms with Crippen LogP contribution in [0, 0.1) is 11.2 Å². The van der Waals surface area contributed by atoms with Gasteiger partial charge in [0.15, 0.2) is 0 Å². The second kappa shape index (κ2) is 10.4. The molecule has 1 saturated heterocycles. The Morgan fingerprint density at radius 1 is 1.21 bits per heavy atom. The van der Waals surface area contributed by atoms with Crippen molar-refractivity contribution in [1.82, 2.24) is 9.62 Å². The van der Waals surface area contributed by atoms with E-state index < -0.39 is 33.8 Å². The maximum Gasteiger partial charge on any atom is 0.303 e. The van der Waals surface area contributed by atoms with Crippen LogP contribution in [0.1, 0.15) is 44.2 Å². The van der Waals surface area contributed by atoms with Crippen molar-refractivity contribution < 1.29 is 27.5 Å². The molecule has 0 saturated carbocycles. The lowest BCUT2D eigenvalue weighted by Gasteiger charge is -2.33. The Morgan fingerprint density at radius 3 is 2.53 bits per heavy atom. The minimum atomic E-state index is -4.17. The fourth-order valence-electron chi connectivity index (χ4n) is 4.09.